The van der Waals surface area contributed by atoms with Gasteiger partial charge < -0.3 is 19.3 Å². The molecule has 37 heavy (non-hydrogen) atoms. The second-order valence-corrected chi connectivity index (χ2v) is 10.8. The first-order valence-corrected chi connectivity index (χ1v) is 14.4. The van der Waals surface area contributed by atoms with Crippen LogP contribution in [0.3, 0.4) is 0 Å². The number of pyridine rings is 1. The molecule has 1 aromatic heterocycles. The molecule has 2 aliphatic rings. The Balaban J connectivity index is 1.00. The second-order valence-electron chi connectivity index (χ2n) is 10.8. The summed E-state index contributed by atoms with van der Waals surface area (Å²) in [6.45, 7) is 9.80. The third-order valence-electron chi connectivity index (χ3n) is 7.88. The van der Waals surface area contributed by atoms with E-state index in [0.717, 1.165) is 86.6 Å². The van der Waals surface area contributed by atoms with Gasteiger partial charge in [-0.25, -0.2) is 4.98 Å². The minimum Gasteiger partial charge on any atom is -0.494 e. The van der Waals surface area contributed by atoms with Crippen molar-refractivity contribution in [2.45, 2.75) is 64.4 Å². The highest BCUT2D eigenvalue weighted by Crippen LogP contribution is 2.27. The van der Waals surface area contributed by atoms with Crippen LogP contribution in [0.4, 0.5) is 0 Å². The van der Waals surface area contributed by atoms with Gasteiger partial charge in [0.2, 0.25) is 0 Å². The van der Waals surface area contributed by atoms with Gasteiger partial charge in [-0.15, -0.1) is 0 Å². The molecule has 3 aromatic rings. The first-order chi connectivity index (χ1) is 18.2. The number of likely N-dealkylation sites (tertiary alicyclic amines) is 2. The van der Waals surface area contributed by atoms with Crippen LogP contribution in [0.2, 0.25) is 0 Å². The normalized spacial score (nSPS) is 18.1. The summed E-state index contributed by atoms with van der Waals surface area (Å²) < 4.78 is 12.4. The van der Waals surface area contributed by atoms with Crippen LogP contribution in [0.15, 0.2) is 54.6 Å². The lowest BCUT2D eigenvalue weighted by Gasteiger charge is -2.32. The Morgan fingerprint density at radius 1 is 0.811 bits per heavy atom. The van der Waals surface area contributed by atoms with E-state index >= 15 is 0 Å². The van der Waals surface area contributed by atoms with Crippen molar-refractivity contribution in [1.82, 2.24) is 14.8 Å². The molecule has 0 saturated carbocycles. The third kappa shape index (κ3) is 7.68. The Morgan fingerprint density at radius 2 is 1.57 bits per heavy atom. The predicted molar refractivity (Wildman–Crippen MR) is 152 cm³/mol. The van der Waals surface area contributed by atoms with E-state index in [0.29, 0.717) is 0 Å². The topological polar surface area (TPSA) is 37.8 Å². The van der Waals surface area contributed by atoms with E-state index in [1.807, 2.05) is 6.92 Å². The minimum atomic E-state index is 0.264. The molecule has 2 aromatic carbocycles. The molecule has 0 spiro atoms. The zero-order valence-electron chi connectivity index (χ0n) is 22.5. The van der Waals surface area contributed by atoms with Crippen LogP contribution in [-0.2, 0) is 6.42 Å². The van der Waals surface area contributed by atoms with Gasteiger partial charge in [-0.3, -0.25) is 0 Å². The van der Waals surface area contributed by atoms with Gasteiger partial charge in [0, 0.05) is 37.3 Å². The van der Waals surface area contributed by atoms with Crippen molar-refractivity contribution in [2.24, 2.45) is 0 Å². The number of hydrogen-bond donors (Lipinski definition) is 0. The molecule has 5 rings (SSSR count). The van der Waals surface area contributed by atoms with Gasteiger partial charge in [0.05, 0.1) is 6.61 Å². The minimum absolute atomic E-state index is 0.264. The summed E-state index contributed by atoms with van der Waals surface area (Å²) >= 11 is 0. The van der Waals surface area contributed by atoms with E-state index in [2.05, 4.69) is 64.4 Å². The third-order valence-corrected chi connectivity index (χ3v) is 7.88. The van der Waals surface area contributed by atoms with Crippen molar-refractivity contribution >= 4 is 10.9 Å². The SMILES string of the molecule is Cc1ccc2cccc(OC3CCN(CCc4ccc(OCCCN5CCCCCC5)cc4)CC3)c2n1. The van der Waals surface area contributed by atoms with Crippen LogP contribution in [-0.4, -0.2) is 66.8 Å². The van der Waals surface area contributed by atoms with Crippen molar-refractivity contribution < 1.29 is 9.47 Å². The van der Waals surface area contributed by atoms with Crippen molar-refractivity contribution in [3.05, 3.63) is 65.9 Å². The number of rotatable bonds is 10. The first kappa shape index (κ1) is 26.0. The fourth-order valence-electron chi connectivity index (χ4n) is 5.62. The lowest BCUT2D eigenvalue weighted by Crippen LogP contribution is -2.39. The fraction of sp³-hybridized carbons (Fsp3) is 0.531. The Labute approximate surface area is 222 Å². The van der Waals surface area contributed by atoms with Crippen molar-refractivity contribution in [1.29, 1.82) is 0 Å². The molecule has 2 aliphatic heterocycles. The largest absolute Gasteiger partial charge is 0.494 e. The maximum absolute atomic E-state index is 6.42. The average molecular weight is 502 g/mol. The summed E-state index contributed by atoms with van der Waals surface area (Å²) in [7, 11) is 0. The zero-order chi connectivity index (χ0) is 25.3. The summed E-state index contributed by atoms with van der Waals surface area (Å²) in [5.74, 6) is 1.92. The number of aryl methyl sites for hydroxylation is 1. The lowest BCUT2D eigenvalue weighted by molar-refractivity contribution is 0.102. The van der Waals surface area contributed by atoms with E-state index in [9.17, 15) is 0 Å². The summed E-state index contributed by atoms with van der Waals surface area (Å²) in [6, 6.07) is 19.2. The molecular weight excluding hydrogens is 458 g/mol. The van der Waals surface area contributed by atoms with E-state index < -0.39 is 0 Å². The molecule has 0 bridgehead atoms. The zero-order valence-corrected chi connectivity index (χ0v) is 22.5. The number of hydrogen-bond acceptors (Lipinski definition) is 5. The molecular formula is C32H43N3O2. The summed E-state index contributed by atoms with van der Waals surface area (Å²) in [5, 5.41) is 1.14. The summed E-state index contributed by atoms with van der Waals surface area (Å²) in [5.41, 5.74) is 3.39. The van der Waals surface area contributed by atoms with Crippen molar-refractivity contribution in [3.8, 4) is 11.5 Å². The van der Waals surface area contributed by atoms with Crippen molar-refractivity contribution in [3.63, 3.8) is 0 Å². The van der Waals surface area contributed by atoms with E-state index in [1.54, 1.807) is 0 Å². The Bertz CT molecular complexity index is 1100. The summed E-state index contributed by atoms with van der Waals surface area (Å²) in [6.07, 6.45) is 10.1. The molecule has 3 heterocycles. The van der Waals surface area contributed by atoms with Gasteiger partial charge in [0.1, 0.15) is 23.1 Å². The molecule has 0 aliphatic carbocycles. The Kier molecular flexibility index (Phi) is 9.31. The number of aromatic nitrogens is 1. The average Bonchev–Trinajstić information content (AvgIpc) is 3.21. The molecule has 0 amide bonds. The number of nitrogens with zero attached hydrogens (tertiary/aromatic N) is 3. The highest BCUT2D eigenvalue weighted by molar-refractivity contribution is 5.84. The van der Waals surface area contributed by atoms with E-state index in [-0.39, 0.29) is 6.10 Å². The van der Waals surface area contributed by atoms with Crippen LogP contribution < -0.4 is 9.47 Å². The van der Waals surface area contributed by atoms with Crippen LogP contribution in [0.1, 0.15) is 56.2 Å². The first-order valence-electron chi connectivity index (χ1n) is 14.4. The molecule has 5 heteroatoms. The Hall–Kier alpha value is -2.63. The maximum Gasteiger partial charge on any atom is 0.145 e. The van der Waals surface area contributed by atoms with Gasteiger partial charge in [0.25, 0.3) is 0 Å². The van der Waals surface area contributed by atoms with Gasteiger partial charge in [-0.2, -0.15) is 0 Å². The number of fused-ring (bicyclic) bond motifs is 1. The molecule has 2 fully saturated rings. The van der Waals surface area contributed by atoms with Crippen LogP contribution in [0.5, 0.6) is 11.5 Å². The smallest absolute Gasteiger partial charge is 0.145 e. The summed E-state index contributed by atoms with van der Waals surface area (Å²) in [4.78, 5) is 9.90. The maximum atomic E-state index is 6.42. The second kappa shape index (κ2) is 13.3. The quantitative estimate of drug-likeness (QED) is 0.306. The van der Waals surface area contributed by atoms with Gasteiger partial charge in [-0.05, 0) is 88.4 Å². The van der Waals surface area contributed by atoms with Crippen molar-refractivity contribution in [2.75, 3.05) is 45.9 Å². The number of benzene rings is 2. The van der Waals surface area contributed by atoms with E-state index in [1.165, 1.54) is 44.3 Å². The molecule has 0 atom stereocenters. The standard InChI is InChI=1S/C32H43N3O2/c1-26-10-13-28-8-6-9-31(32(28)33-26)37-30-17-23-35(24-18-30)22-16-27-11-14-29(15-12-27)36-25-7-21-34-19-4-2-3-5-20-34/h6,8-15,30H,2-5,7,16-25H2,1H3. The highest BCUT2D eigenvalue weighted by atomic mass is 16.5. The highest BCUT2D eigenvalue weighted by Gasteiger charge is 2.21. The van der Waals surface area contributed by atoms with Crippen LogP contribution in [0.25, 0.3) is 10.9 Å². The number of piperidine rings is 1. The fourth-order valence-corrected chi connectivity index (χ4v) is 5.62. The van der Waals surface area contributed by atoms with Gasteiger partial charge in [-0.1, -0.05) is 43.2 Å². The molecule has 5 nitrogen and oxygen atoms in total. The molecule has 0 N–H and O–H groups in total. The van der Waals surface area contributed by atoms with E-state index in [4.69, 9.17) is 14.5 Å². The van der Waals surface area contributed by atoms with Crippen LogP contribution in [0, 0.1) is 6.92 Å². The van der Waals surface area contributed by atoms with Gasteiger partial charge >= 0.3 is 0 Å². The Morgan fingerprint density at radius 3 is 2.35 bits per heavy atom. The predicted octanol–water partition coefficient (Wildman–Crippen LogP) is 6.27. The monoisotopic (exact) mass is 501 g/mol. The lowest BCUT2D eigenvalue weighted by atomic mass is 10.1. The molecule has 198 valence electrons. The van der Waals surface area contributed by atoms with Crippen LogP contribution >= 0.6 is 0 Å². The molecule has 0 radical (unpaired) electrons. The number of ether oxygens (including phenoxy) is 2. The molecule has 0 unspecified atom stereocenters. The van der Waals surface area contributed by atoms with Gasteiger partial charge in [0.15, 0.2) is 0 Å². The molecule has 2 saturated heterocycles. The number of para-hydroxylation sites is 1.